The van der Waals surface area contributed by atoms with E-state index in [4.69, 9.17) is 10.00 Å². The van der Waals surface area contributed by atoms with Crippen LogP contribution in [0.1, 0.15) is 52.7 Å². The van der Waals surface area contributed by atoms with Crippen LogP contribution >= 0.6 is 0 Å². The highest BCUT2D eigenvalue weighted by Gasteiger charge is 2.15. The van der Waals surface area contributed by atoms with Crippen LogP contribution in [0, 0.1) is 11.3 Å². The van der Waals surface area contributed by atoms with Crippen LogP contribution in [0.25, 0.3) is 0 Å². The average molecular weight is 390 g/mol. The number of carbonyl (C=O) groups excluding carboxylic acids is 3. The smallest absolute Gasteiger partial charge is 0.306 e. The largest absolute Gasteiger partial charge is 0.456 e. The van der Waals surface area contributed by atoms with Crippen LogP contribution in [0.2, 0.25) is 0 Å². The van der Waals surface area contributed by atoms with Gasteiger partial charge >= 0.3 is 5.97 Å². The number of benzene rings is 2. The highest BCUT2D eigenvalue weighted by Crippen LogP contribution is 2.23. The third-order valence-corrected chi connectivity index (χ3v) is 4.87. The molecule has 0 atom stereocenters. The zero-order valence-corrected chi connectivity index (χ0v) is 16.1. The summed E-state index contributed by atoms with van der Waals surface area (Å²) in [5, 5.41) is 11.4. The molecular weight excluding hydrogens is 368 g/mol. The summed E-state index contributed by atoms with van der Waals surface area (Å²) in [6.45, 7) is -0.442. The number of fused-ring (bicyclic) bond motifs is 1. The third kappa shape index (κ3) is 5.76. The second kappa shape index (κ2) is 9.65. The molecule has 3 rings (SSSR count). The minimum atomic E-state index is -0.600. The zero-order chi connectivity index (χ0) is 20.6. The Labute approximate surface area is 169 Å². The molecule has 0 spiro atoms. The molecule has 0 saturated heterocycles. The van der Waals surface area contributed by atoms with Gasteiger partial charge in [-0.2, -0.15) is 5.26 Å². The Morgan fingerprint density at radius 3 is 2.59 bits per heavy atom. The van der Waals surface area contributed by atoms with Gasteiger partial charge in [0.05, 0.1) is 18.1 Å². The van der Waals surface area contributed by atoms with Crippen LogP contribution in [0.4, 0.5) is 5.69 Å². The summed E-state index contributed by atoms with van der Waals surface area (Å²) in [4.78, 5) is 36.1. The summed E-state index contributed by atoms with van der Waals surface area (Å²) >= 11 is 0. The zero-order valence-electron chi connectivity index (χ0n) is 16.1. The van der Waals surface area contributed by atoms with Gasteiger partial charge in [0, 0.05) is 17.7 Å². The van der Waals surface area contributed by atoms with E-state index in [-0.39, 0.29) is 18.6 Å². The van der Waals surface area contributed by atoms with Crippen molar-refractivity contribution in [1.82, 2.24) is 0 Å². The SMILES string of the molecule is N#Cc1cccc(NC(=O)COC(=O)CCC(=O)c2ccc3c(c2)CCCC3)c1. The third-order valence-electron chi connectivity index (χ3n) is 4.87. The number of hydrogen-bond donors (Lipinski definition) is 1. The lowest BCUT2D eigenvalue weighted by atomic mass is 9.89. The van der Waals surface area contributed by atoms with E-state index in [0.29, 0.717) is 16.8 Å². The fourth-order valence-electron chi connectivity index (χ4n) is 3.35. The predicted octanol–water partition coefficient (Wildman–Crippen LogP) is 3.58. The van der Waals surface area contributed by atoms with Crippen molar-refractivity contribution in [2.45, 2.75) is 38.5 Å². The van der Waals surface area contributed by atoms with Gasteiger partial charge in [-0.05, 0) is 61.1 Å². The first-order valence-electron chi connectivity index (χ1n) is 9.66. The van der Waals surface area contributed by atoms with E-state index in [1.807, 2.05) is 24.3 Å². The van der Waals surface area contributed by atoms with Crippen LogP contribution in [0.5, 0.6) is 0 Å². The topological polar surface area (TPSA) is 96.3 Å². The van der Waals surface area contributed by atoms with Crippen LogP contribution < -0.4 is 5.32 Å². The summed E-state index contributed by atoms with van der Waals surface area (Å²) in [6, 6.07) is 14.2. The molecule has 0 bridgehead atoms. The Morgan fingerprint density at radius 2 is 1.79 bits per heavy atom. The molecule has 148 valence electrons. The van der Waals surface area contributed by atoms with E-state index in [9.17, 15) is 14.4 Å². The van der Waals surface area contributed by atoms with Gasteiger partial charge in [-0.15, -0.1) is 0 Å². The summed E-state index contributed by atoms with van der Waals surface area (Å²) in [6.07, 6.45) is 4.34. The number of nitrogens with one attached hydrogen (secondary N) is 1. The number of Topliss-reactive ketones (excluding diaryl/α,β-unsaturated/α-hetero) is 1. The Bertz CT molecular complexity index is 975. The molecule has 2 aromatic carbocycles. The maximum Gasteiger partial charge on any atom is 0.306 e. The van der Waals surface area contributed by atoms with E-state index in [2.05, 4.69) is 5.32 Å². The standard InChI is InChI=1S/C23H22N2O4/c24-14-16-4-3-7-20(12-16)25-22(27)15-29-23(28)11-10-21(26)19-9-8-17-5-1-2-6-18(17)13-19/h3-4,7-9,12-13H,1-2,5-6,10-11,15H2,(H,25,27). The Hall–Kier alpha value is -3.46. The molecule has 0 radical (unpaired) electrons. The Balaban J connectivity index is 1.43. The van der Waals surface area contributed by atoms with Crippen LogP contribution in [-0.2, 0) is 27.2 Å². The van der Waals surface area contributed by atoms with Crippen molar-refractivity contribution < 1.29 is 19.1 Å². The predicted molar refractivity (Wildman–Crippen MR) is 107 cm³/mol. The lowest BCUT2D eigenvalue weighted by molar-refractivity contribution is -0.147. The Morgan fingerprint density at radius 1 is 1.00 bits per heavy atom. The highest BCUT2D eigenvalue weighted by atomic mass is 16.5. The molecule has 0 heterocycles. The quantitative estimate of drug-likeness (QED) is 0.576. The first kappa shape index (κ1) is 20.3. The number of hydrogen-bond acceptors (Lipinski definition) is 5. The summed E-state index contributed by atoms with van der Waals surface area (Å²) < 4.78 is 4.94. The van der Waals surface area contributed by atoms with Gasteiger partial charge in [0.25, 0.3) is 5.91 Å². The number of aryl methyl sites for hydroxylation is 2. The van der Waals surface area contributed by atoms with Gasteiger partial charge in [-0.25, -0.2) is 0 Å². The van der Waals surface area contributed by atoms with Gasteiger partial charge in [0.2, 0.25) is 0 Å². The number of ketones is 1. The number of carbonyl (C=O) groups is 3. The van der Waals surface area contributed by atoms with Crippen molar-refractivity contribution in [1.29, 1.82) is 5.26 Å². The summed E-state index contributed by atoms with van der Waals surface area (Å²) in [5.41, 5.74) is 4.02. The number of esters is 1. The molecule has 1 aliphatic carbocycles. The fourth-order valence-corrected chi connectivity index (χ4v) is 3.35. The molecule has 0 unspecified atom stereocenters. The van der Waals surface area contributed by atoms with E-state index in [1.54, 1.807) is 18.2 Å². The lowest BCUT2D eigenvalue weighted by Crippen LogP contribution is -2.21. The number of nitriles is 1. The second-order valence-corrected chi connectivity index (χ2v) is 7.02. The number of anilines is 1. The van der Waals surface area contributed by atoms with Crippen molar-refractivity contribution in [3.63, 3.8) is 0 Å². The molecule has 1 aliphatic rings. The number of amides is 1. The maximum absolute atomic E-state index is 12.4. The average Bonchev–Trinajstić information content (AvgIpc) is 2.75. The van der Waals surface area contributed by atoms with Crippen molar-refractivity contribution in [3.05, 3.63) is 64.7 Å². The van der Waals surface area contributed by atoms with Crippen LogP contribution in [0.15, 0.2) is 42.5 Å². The van der Waals surface area contributed by atoms with Crippen LogP contribution in [0.3, 0.4) is 0 Å². The highest BCUT2D eigenvalue weighted by molar-refractivity contribution is 5.98. The van der Waals surface area contributed by atoms with E-state index >= 15 is 0 Å². The minimum Gasteiger partial charge on any atom is -0.456 e. The van der Waals surface area contributed by atoms with E-state index in [0.717, 1.165) is 19.3 Å². The maximum atomic E-state index is 12.4. The van der Waals surface area contributed by atoms with Crippen molar-refractivity contribution in [2.75, 3.05) is 11.9 Å². The van der Waals surface area contributed by atoms with Gasteiger partial charge in [-0.1, -0.05) is 18.2 Å². The molecule has 0 aliphatic heterocycles. The van der Waals surface area contributed by atoms with Gasteiger partial charge in [-0.3, -0.25) is 14.4 Å². The Kier molecular flexibility index (Phi) is 6.75. The normalized spacial score (nSPS) is 12.4. The number of nitrogens with zero attached hydrogens (tertiary/aromatic N) is 1. The van der Waals surface area contributed by atoms with Gasteiger partial charge in [0.1, 0.15) is 0 Å². The van der Waals surface area contributed by atoms with Gasteiger partial charge in [0.15, 0.2) is 12.4 Å². The molecule has 1 amide bonds. The molecule has 6 heteroatoms. The second-order valence-electron chi connectivity index (χ2n) is 7.02. The van der Waals surface area contributed by atoms with Crippen molar-refractivity contribution >= 4 is 23.3 Å². The minimum absolute atomic E-state index is 0.0451. The molecule has 0 fully saturated rings. The van der Waals surface area contributed by atoms with E-state index < -0.39 is 18.5 Å². The van der Waals surface area contributed by atoms with Crippen molar-refractivity contribution in [3.8, 4) is 6.07 Å². The monoisotopic (exact) mass is 390 g/mol. The lowest BCUT2D eigenvalue weighted by Gasteiger charge is -2.16. The van der Waals surface area contributed by atoms with Crippen LogP contribution in [-0.4, -0.2) is 24.3 Å². The molecule has 29 heavy (non-hydrogen) atoms. The summed E-state index contributed by atoms with van der Waals surface area (Å²) in [7, 11) is 0. The molecule has 2 aromatic rings. The fraction of sp³-hybridized carbons (Fsp3) is 0.304. The molecule has 0 saturated carbocycles. The van der Waals surface area contributed by atoms with E-state index in [1.165, 1.54) is 23.6 Å². The first-order valence-corrected chi connectivity index (χ1v) is 9.66. The van der Waals surface area contributed by atoms with Gasteiger partial charge < -0.3 is 10.1 Å². The number of ether oxygens (including phenoxy) is 1. The molecule has 1 N–H and O–H groups in total. The summed E-state index contributed by atoms with van der Waals surface area (Å²) in [5.74, 6) is -1.21. The number of rotatable bonds is 7. The molecule has 0 aromatic heterocycles. The van der Waals surface area contributed by atoms with Crippen molar-refractivity contribution in [2.24, 2.45) is 0 Å². The molecular formula is C23H22N2O4. The first-order chi connectivity index (χ1) is 14.0. The molecule has 6 nitrogen and oxygen atoms in total.